The lowest BCUT2D eigenvalue weighted by atomic mass is 10.1. The molecule has 10 heteroatoms. The van der Waals surface area contributed by atoms with Gasteiger partial charge in [0, 0.05) is 5.92 Å². The maximum atomic E-state index is 12.8. The van der Waals surface area contributed by atoms with Crippen LogP contribution < -0.4 is 11.0 Å². The molecular formula is C18H16F3N5O2. The smallest absolute Gasteiger partial charge is 0.273 e. The molecule has 2 aromatic heterocycles. The lowest BCUT2D eigenvalue weighted by Gasteiger charge is -2.14. The number of halogens is 3. The van der Waals surface area contributed by atoms with Crippen molar-refractivity contribution in [2.24, 2.45) is 0 Å². The number of hydrogen-bond acceptors (Lipinski definition) is 4. The molecule has 1 aliphatic rings. The van der Waals surface area contributed by atoms with Gasteiger partial charge in [-0.3, -0.25) is 15.0 Å². The molecule has 1 aromatic carbocycles. The molecule has 7 nitrogen and oxygen atoms in total. The molecule has 4 rings (SSSR count). The molecule has 3 aromatic rings. The quantitative estimate of drug-likeness (QED) is 0.724. The van der Waals surface area contributed by atoms with Gasteiger partial charge < -0.3 is 0 Å². The molecule has 146 valence electrons. The first-order valence-corrected chi connectivity index (χ1v) is 8.71. The number of alkyl halides is 3. The summed E-state index contributed by atoms with van der Waals surface area (Å²) < 4.78 is 40.0. The van der Waals surface area contributed by atoms with E-state index in [4.69, 9.17) is 0 Å². The van der Waals surface area contributed by atoms with E-state index in [1.54, 1.807) is 24.3 Å². The van der Waals surface area contributed by atoms with Crippen LogP contribution in [0.25, 0.3) is 11.0 Å². The van der Waals surface area contributed by atoms with Crippen LogP contribution in [-0.2, 0) is 17.8 Å². The predicted molar refractivity (Wildman–Crippen MR) is 94.3 cm³/mol. The van der Waals surface area contributed by atoms with E-state index in [-0.39, 0.29) is 29.2 Å². The highest BCUT2D eigenvalue weighted by Crippen LogP contribution is 2.38. The Balaban J connectivity index is 1.70. The summed E-state index contributed by atoms with van der Waals surface area (Å²) in [5, 5.41) is 3.58. The predicted octanol–water partition coefficient (Wildman–Crippen LogP) is 2.35. The number of carbonyl (C=O) groups excluding carboxylic acids is 1. The number of nitrogens with one attached hydrogen (secondary N) is 1. The average Bonchev–Trinajstić information content (AvgIpc) is 3.39. The van der Waals surface area contributed by atoms with Crippen molar-refractivity contribution in [2.45, 2.75) is 37.9 Å². The van der Waals surface area contributed by atoms with Gasteiger partial charge in [0.1, 0.15) is 17.8 Å². The van der Waals surface area contributed by atoms with Crippen LogP contribution in [-0.4, -0.2) is 31.5 Å². The summed E-state index contributed by atoms with van der Waals surface area (Å²) in [4.78, 5) is 29.5. The average molecular weight is 391 g/mol. The van der Waals surface area contributed by atoms with E-state index in [1.165, 1.54) is 0 Å². The Hall–Kier alpha value is -3.17. The summed E-state index contributed by atoms with van der Waals surface area (Å²) in [5.41, 5.74) is 2.55. The summed E-state index contributed by atoms with van der Waals surface area (Å²) in [6.07, 6.45) is -1.88. The van der Waals surface area contributed by atoms with Crippen LogP contribution in [0.4, 0.5) is 13.2 Å². The van der Waals surface area contributed by atoms with Crippen molar-refractivity contribution in [3.05, 3.63) is 58.3 Å². The minimum absolute atomic E-state index is 0.0583. The summed E-state index contributed by atoms with van der Waals surface area (Å²) in [6, 6.07) is 8.99. The van der Waals surface area contributed by atoms with Gasteiger partial charge in [0.15, 0.2) is 5.65 Å². The van der Waals surface area contributed by atoms with E-state index in [0.29, 0.717) is 4.68 Å². The van der Waals surface area contributed by atoms with Gasteiger partial charge in [0.25, 0.3) is 5.56 Å². The molecule has 0 bridgehead atoms. The Bertz CT molecular complexity index is 1080. The first-order valence-electron chi connectivity index (χ1n) is 8.71. The van der Waals surface area contributed by atoms with E-state index < -0.39 is 24.2 Å². The third-order valence-corrected chi connectivity index (χ3v) is 4.41. The van der Waals surface area contributed by atoms with Crippen LogP contribution in [0.2, 0.25) is 0 Å². The van der Waals surface area contributed by atoms with Crippen LogP contribution in [0.5, 0.6) is 0 Å². The van der Waals surface area contributed by atoms with Crippen LogP contribution in [0.15, 0.2) is 41.3 Å². The Kier molecular flexibility index (Phi) is 4.40. The third-order valence-electron chi connectivity index (χ3n) is 4.41. The second-order valence-electron chi connectivity index (χ2n) is 6.74. The van der Waals surface area contributed by atoms with Gasteiger partial charge in [-0.15, -0.1) is 0 Å². The van der Waals surface area contributed by atoms with Crippen LogP contribution in [0.1, 0.15) is 30.1 Å². The maximum Gasteiger partial charge on any atom is 0.408 e. The highest BCUT2D eigenvalue weighted by molar-refractivity contribution is 5.86. The minimum atomic E-state index is -4.49. The van der Waals surface area contributed by atoms with Gasteiger partial charge in [-0.25, -0.2) is 14.3 Å². The molecule has 1 fully saturated rings. The molecule has 28 heavy (non-hydrogen) atoms. The number of fused-ring (bicyclic) bond motifs is 1. The SMILES string of the molecule is O=C(Cc1ccccc1)Nn1c(C2CC2)nc2c(cnn2CC(F)(F)F)c1=O. The second kappa shape index (κ2) is 6.77. The van der Waals surface area contributed by atoms with Crippen LogP contribution in [0, 0.1) is 0 Å². The first-order chi connectivity index (χ1) is 13.3. The zero-order valence-corrected chi connectivity index (χ0v) is 14.6. The molecule has 0 aliphatic heterocycles. The monoisotopic (exact) mass is 391 g/mol. The summed E-state index contributed by atoms with van der Waals surface area (Å²) in [5.74, 6) is -0.245. The highest BCUT2D eigenvalue weighted by Gasteiger charge is 2.33. The zero-order valence-electron chi connectivity index (χ0n) is 14.6. The standard InChI is InChI=1S/C18H16F3N5O2/c19-18(20,21)10-25-16-13(9-22-25)17(28)26(15(23-16)12-6-7-12)24-14(27)8-11-4-2-1-3-5-11/h1-5,9,12H,6-8,10H2,(H,24,27). The molecule has 0 unspecified atom stereocenters. The van der Waals surface area contributed by atoms with Crippen molar-refractivity contribution >= 4 is 16.9 Å². The summed E-state index contributed by atoms with van der Waals surface area (Å²) in [6.45, 7) is -1.34. The van der Waals surface area contributed by atoms with Crippen molar-refractivity contribution in [1.29, 1.82) is 0 Å². The van der Waals surface area contributed by atoms with Crippen molar-refractivity contribution in [1.82, 2.24) is 19.4 Å². The third kappa shape index (κ3) is 3.75. The van der Waals surface area contributed by atoms with E-state index >= 15 is 0 Å². The fourth-order valence-electron chi connectivity index (χ4n) is 2.99. The Morgan fingerprint density at radius 1 is 1.21 bits per heavy atom. The van der Waals surface area contributed by atoms with E-state index in [9.17, 15) is 22.8 Å². The molecule has 0 spiro atoms. The number of hydrogen-bond donors (Lipinski definition) is 1. The Morgan fingerprint density at radius 2 is 1.93 bits per heavy atom. The zero-order chi connectivity index (χ0) is 19.9. The van der Waals surface area contributed by atoms with E-state index in [2.05, 4.69) is 15.5 Å². The number of aromatic nitrogens is 4. The van der Waals surface area contributed by atoms with Gasteiger partial charge in [-0.2, -0.15) is 18.3 Å². The molecule has 2 heterocycles. The number of amides is 1. The van der Waals surface area contributed by atoms with Crippen molar-refractivity contribution in [3.63, 3.8) is 0 Å². The minimum Gasteiger partial charge on any atom is -0.273 e. The van der Waals surface area contributed by atoms with Gasteiger partial charge in [0.05, 0.1) is 12.6 Å². The van der Waals surface area contributed by atoms with Crippen molar-refractivity contribution in [3.8, 4) is 0 Å². The van der Waals surface area contributed by atoms with Gasteiger partial charge in [-0.1, -0.05) is 30.3 Å². The van der Waals surface area contributed by atoms with Crippen molar-refractivity contribution in [2.75, 3.05) is 5.43 Å². The second-order valence-corrected chi connectivity index (χ2v) is 6.74. The van der Waals surface area contributed by atoms with Gasteiger partial charge in [0.2, 0.25) is 5.91 Å². The lowest BCUT2D eigenvalue weighted by Crippen LogP contribution is -2.37. The molecular weight excluding hydrogens is 375 g/mol. The highest BCUT2D eigenvalue weighted by atomic mass is 19.4. The molecule has 0 atom stereocenters. The van der Waals surface area contributed by atoms with Crippen LogP contribution in [0.3, 0.4) is 0 Å². The molecule has 1 amide bonds. The maximum absolute atomic E-state index is 12.8. The number of carbonyl (C=O) groups is 1. The van der Waals surface area contributed by atoms with Crippen molar-refractivity contribution < 1.29 is 18.0 Å². The first kappa shape index (κ1) is 18.2. The fourth-order valence-corrected chi connectivity index (χ4v) is 2.99. The molecule has 1 N–H and O–H groups in total. The summed E-state index contributed by atoms with van der Waals surface area (Å²) >= 11 is 0. The Labute approximate surface area is 156 Å². The Morgan fingerprint density at radius 3 is 2.57 bits per heavy atom. The molecule has 0 radical (unpaired) electrons. The lowest BCUT2D eigenvalue weighted by molar-refractivity contribution is -0.141. The van der Waals surface area contributed by atoms with E-state index in [0.717, 1.165) is 29.3 Å². The van der Waals surface area contributed by atoms with Gasteiger partial charge in [-0.05, 0) is 18.4 Å². The molecule has 1 saturated carbocycles. The normalized spacial score (nSPS) is 14.4. The summed E-state index contributed by atoms with van der Waals surface area (Å²) in [7, 11) is 0. The van der Waals surface area contributed by atoms with E-state index in [1.807, 2.05) is 6.07 Å². The largest absolute Gasteiger partial charge is 0.408 e. The fraction of sp³-hybridized carbons (Fsp3) is 0.333. The topological polar surface area (TPSA) is 81.8 Å². The molecule has 0 saturated heterocycles. The molecule has 1 aliphatic carbocycles. The number of rotatable bonds is 5. The van der Waals surface area contributed by atoms with Gasteiger partial charge >= 0.3 is 6.18 Å². The number of nitrogens with zero attached hydrogens (tertiary/aromatic N) is 4. The van der Waals surface area contributed by atoms with Crippen LogP contribution >= 0.6 is 0 Å². The number of benzene rings is 1.